The monoisotopic (exact) mass is 446 g/mol. The average Bonchev–Trinajstić information content (AvgIpc) is 3.28. The number of benzene rings is 2. The van der Waals surface area contributed by atoms with Gasteiger partial charge >= 0.3 is 0 Å². The van der Waals surface area contributed by atoms with Gasteiger partial charge in [0.1, 0.15) is 10.7 Å². The first-order valence-electron chi connectivity index (χ1n) is 10.9. The Kier molecular flexibility index (Phi) is 6.41. The van der Waals surface area contributed by atoms with Gasteiger partial charge in [0.2, 0.25) is 0 Å². The number of hydrogen-bond acceptors (Lipinski definition) is 6. The summed E-state index contributed by atoms with van der Waals surface area (Å²) < 4.78 is 5.49. The topological polar surface area (TPSA) is 70.2 Å². The van der Waals surface area contributed by atoms with E-state index in [4.69, 9.17) is 9.72 Å². The molecule has 2 N–H and O–H groups in total. The molecule has 0 amide bonds. The van der Waals surface area contributed by atoms with Crippen molar-refractivity contribution in [2.24, 2.45) is 0 Å². The van der Waals surface area contributed by atoms with Crippen LogP contribution in [0.2, 0.25) is 0 Å². The summed E-state index contributed by atoms with van der Waals surface area (Å²) in [6.45, 7) is 4.79. The fraction of sp³-hybridized carbons (Fsp3) is 0.280. The zero-order valence-electron chi connectivity index (χ0n) is 17.8. The smallest absolute Gasteiger partial charge is 0.259 e. The van der Waals surface area contributed by atoms with E-state index in [1.165, 1.54) is 5.56 Å². The molecule has 7 heteroatoms. The molecule has 1 aliphatic rings. The Hall–Kier alpha value is -2.84. The van der Waals surface area contributed by atoms with Gasteiger partial charge in [-0.3, -0.25) is 9.69 Å². The van der Waals surface area contributed by atoms with Crippen molar-refractivity contribution in [3.63, 3.8) is 0 Å². The summed E-state index contributed by atoms with van der Waals surface area (Å²) in [5, 5.41) is 4.26. The van der Waals surface area contributed by atoms with Gasteiger partial charge < -0.3 is 15.0 Å². The van der Waals surface area contributed by atoms with Gasteiger partial charge in [0.25, 0.3) is 5.56 Å². The van der Waals surface area contributed by atoms with Crippen molar-refractivity contribution in [3.05, 3.63) is 88.5 Å². The van der Waals surface area contributed by atoms with E-state index in [9.17, 15) is 4.79 Å². The number of H-pyrrole nitrogens is 1. The molecule has 2 aromatic carbocycles. The molecule has 164 valence electrons. The third-order valence-electron chi connectivity index (χ3n) is 5.77. The van der Waals surface area contributed by atoms with Gasteiger partial charge in [-0.25, -0.2) is 4.98 Å². The highest BCUT2D eigenvalue weighted by molar-refractivity contribution is 7.21. The van der Waals surface area contributed by atoms with Crippen molar-refractivity contribution in [1.82, 2.24) is 20.2 Å². The van der Waals surface area contributed by atoms with Crippen molar-refractivity contribution in [3.8, 4) is 10.4 Å². The van der Waals surface area contributed by atoms with E-state index >= 15 is 0 Å². The van der Waals surface area contributed by atoms with Gasteiger partial charge in [0, 0.05) is 30.6 Å². The number of rotatable bonds is 7. The van der Waals surface area contributed by atoms with E-state index in [0.717, 1.165) is 48.1 Å². The lowest BCUT2D eigenvalue weighted by Crippen LogP contribution is -2.42. The number of nitrogens with one attached hydrogen (secondary N) is 2. The van der Waals surface area contributed by atoms with Crippen LogP contribution in [0.25, 0.3) is 20.7 Å². The van der Waals surface area contributed by atoms with E-state index < -0.39 is 0 Å². The van der Waals surface area contributed by atoms with E-state index in [2.05, 4.69) is 51.6 Å². The lowest BCUT2D eigenvalue weighted by molar-refractivity contribution is 0.0333. The molecule has 1 aliphatic heterocycles. The van der Waals surface area contributed by atoms with Gasteiger partial charge in [0.15, 0.2) is 0 Å². The zero-order chi connectivity index (χ0) is 21.8. The molecular weight excluding hydrogens is 420 g/mol. The molecule has 0 unspecified atom stereocenters. The van der Waals surface area contributed by atoms with Gasteiger partial charge in [-0.05, 0) is 17.2 Å². The van der Waals surface area contributed by atoms with Crippen LogP contribution in [0.15, 0.2) is 71.5 Å². The van der Waals surface area contributed by atoms with Crippen LogP contribution in [0, 0.1) is 0 Å². The number of fused-ring (bicyclic) bond motifs is 1. The second-order valence-electron chi connectivity index (χ2n) is 7.97. The van der Waals surface area contributed by atoms with Crippen LogP contribution in [-0.4, -0.2) is 47.7 Å². The maximum Gasteiger partial charge on any atom is 0.259 e. The Bertz CT molecular complexity index is 1220. The Balaban J connectivity index is 1.36. The molecule has 0 aliphatic carbocycles. The Labute approximate surface area is 190 Å². The molecule has 5 rings (SSSR count). The van der Waals surface area contributed by atoms with Crippen molar-refractivity contribution in [2.45, 2.75) is 12.6 Å². The lowest BCUT2D eigenvalue weighted by atomic mass is 10.1. The molecule has 2 aromatic heterocycles. The second kappa shape index (κ2) is 9.75. The highest BCUT2D eigenvalue weighted by Crippen LogP contribution is 2.30. The van der Waals surface area contributed by atoms with Crippen molar-refractivity contribution >= 4 is 21.6 Å². The van der Waals surface area contributed by atoms with E-state index in [1.807, 2.05) is 30.3 Å². The van der Waals surface area contributed by atoms with E-state index in [1.54, 1.807) is 11.3 Å². The quantitative estimate of drug-likeness (QED) is 0.452. The largest absolute Gasteiger partial charge is 0.379 e. The number of thiophene rings is 1. The summed E-state index contributed by atoms with van der Waals surface area (Å²) >= 11 is 1.56. The summed E-state index contributed by atoms with van der Waals surface area (Å²) in [7, 11) is 0. The van der Waals surface area contributed by atoms with Gasteiger partial charge in [0.05, 0.1) is 25.1 Å². The van der Waals surface area contributed by atoms with Crippen LogP contribution in [0.3, 0.4) is 0 Å². The first kappa shape index (κ1) is 21.0. The minimum Gasteiger partial charge on any atom is -0.379 e. The summed E-state index contributed by atoms with van der Waals surface area (Å²) in [6, 6.07) is 22.6. The summed E-state index contributed by atoms with van der Waals surface area (Å²) in [5.41, 5.74) is 2.24. The fourth-order valence-corrected chi connectivity index (χ4v) is 5.10. The molecule has 1 saturated heterocycles. The zero-order valence-corrected chi connectivity index (χ0v) is 18.6. The predicted molar refractivity (Wildman–Crippen MR) is 129 cm³/mol. The van der Waals surface area contributed by atoms with Crippen LogP contribution in [0.1, 0.15) is 17.4 Å². The maximum absolute atomic E-state index is 12.7. The molecule has 4 aromatic rings. The van der Waals surface area contributed by atoms with Gasteiger partial charge in [-0.2, -0.15) is 0 Å². The van der Waals surface area contributed by atoms with Crippen molar-refractivity contribution < 1.29 is 4.74 Å². The Morgan fingerprint density at radius 1 is 1.06 bits per heavy atom. The molecule has 1 atom stereocenters. The number of nitrogens with zero attached hydrogens (tertiary/aromatic N) is 2. The van der Waals surface area contributed by atoms with Crippen molar-refractivity contribution in [2.75, 3.05) is 32.8 Å². The van der Waals surface area contributed by atoms with Gasteiger partial charge in [-0.1, -0.05) is 60.7 Å². The first-order chi connectivity index (χ1) is 15.8. The third-order valence-corrected chi connectivity index (χ3v) is 6.85. The minimum absolute atomic E-state index is 0.0883. The molecule has 0 radical (unpaired) electrons. The molecule has 0 spiro atoms. The number of hydrogen-bond donors (Lipinski definition) is 2. The Morgan fingerprint density at radius 2 is 1.78 bits per heavy atom. The predicted octanol–water partition coefficient (Wildman–Crippen LogP) is 3.81. The van der Waals surface area contributed by atoms with E-state index in [0.29, 0.717) is 17.8 Å². The average molecular weight is 447 g/mol. The van der Waals surface area contributed by atoms with Crippen LogP contribution in [0.4, 0.5) is 0 Å². The molecule has 3 heterocycles. The standard InChI is InChI=1S/C25H26N4O2S/c30-24-20-15-22(19-9-5-2-6-10-19)32-25(20)28-23(27-24)16-26-21(18-7-3-1-4-8-18)17-29-11-13-31-14-12-29/h1-10,15,21,26H,11-14,16-17H2,(H,27,28,30)/t21-/m0/s1. The number of morpholine rings is 1. The van der Waals surface area contributed by atoms with Gasteiger partial charge in [-0.15, -0.1) is 11.3 Å². The van der Waals surface area contributed by atoms with Crippen LogP contribution >= 0.6 is 11.3 Å². The van der Waals surface area contributed by atoms with E-state index in [-0.39, 0.29) is 11.6 Å². The Morgan fingerprint density at radius 3 is 2.53 bits per heavy atom. The summed E-state index contributed by atoms with van der Waals surface area (Å²) in [6.07, 6.45) is 0. The maximum atomic E-state index is 12.7. The molecule has 1 fully saturated rings. The highest BCUT2D eigenvalue weighted by atomic mass is 32.1. The first-order valence-corrected chi connectivity index (χ1v) is 11.7. The molecule has 0 bridgehead atoms. The summed E-state index contributed by atoms with van der Waals surface area (Å²) in [4.78, 5) is 24.7. The SMILES string of the molecule is O=c1[nH]c(CN[C@@H](CN2CCOCC2)c2ccccc2)nc2sc(-c3ccccc3)cc12. The fourth-order valence-electron chi connectivity index (χ4n) is 4.04. The molecule has 32 heavy (non-hydrogen) atoms. The normalized spacial score (nSPS) is 15.8. The molecule has 6 nitrogen and oxygen atoms in total. The van der Waals surface area contributed by atoms with Crippen LogP contribution < -0.4 is 10.9 Å². The number of aromatic nitrogens is 2. The van der Waals surface area contributed by atoms with Crippen LogP contribution in [-0.2, 0) is 11.3 Å². The molecular formula is C25H26N4O2S. The number of ether oxygens (including phenoxy) is 1. The number of aromatic amines is 1. The second-order valence-corrected chi connectivity index (χ2v) is 9.00. The van der Waals surface area contributed by atoms with Crippen molar-refractivity contribution in [1.29, 1.82) is 0 Å². The lowest BCUT2D eigenvalue weighted by Gasteiger charge is -2.31. The highest BCUT2D eigenvalue weighted by Gasteiger charge is 2.19. The third kappa shape index (κ3) is 4.81. The van der Waals surface area contributed by atoms with Crippen LogP contribution in [0.5, 0.6) is 0 Å². The summed E-state index contributed by atoms with van der Waals surface area (Å²) in [5.74, 6) is 0.659. The molecule has 0 saturated carbocycles. The minimum atomic E-state index is -0.0883.